The highest BCUT2D eigenvalue weighted by molar-refractivity contribution is 9.10. The highest BCUT2D eigenvalue weighted by atomic mass is 79.9. The van der Waals surface area contributed by atoms with E-state index in [2.05, 4.69) is 26.2 Å². The third kappa shape index (κ3) is 5.22. The summed E-state index contributed by atoms with van der Waals surface area (Å²) < 4.78 is -0.130. The number of alkyl halides is 3. The van der Waals surface area contributed by atoms with Crippen LogP contribution in [0.1, 0.15) is 10.4 Å². The molecule has 0 aliphatic carbocycles. The molecule has 1 heterocycles. The zero-order valence-electron chi connectivity index (χ0n) is 10.5. The molecule has 0 fully saturated rings. The molecule has 21 heavy (non-hydrogen) atoms. The fourth-order valence-corrected chi connectivity index (χ4v) is 4.55. The zero-order valence-corrected chi connectivity index (χ0v) is 16.0. The van der Waals surface area contributed by atoms with Crippen LogP contribution in [0, 0.1) is 0 Å². The number of carbonyl (C=O) groups is 1. The normalized spacial score (nSPS) is 16.5. The highest BCUT2D eigenvalue weighted by Crippen LogP contribution is 2.39. The van der Waals surface area contributed by atoms with Gasteiger partial charge in [-0.1, -0.05) is 70.5 Å². The quantitative estimate of drug-likeness (QED) is 0.538. The van der Waals surface area contributed by atoms with Crippen LogP contribution in [0.2, 0.25) is 0 Å². The van der Waals surface area contributed by atoms with Crippen LogP contribution in [-0.4, -0.2) is 31.7 Å². The monoisotopic (exact) mass is 446 g/mol. The Hall–Kier alpha value is 0.410. The molecule has 114 valence electrons. The van der Waals surface area contributed by atoms with Gasteiger partial charge < -0.3 is 5.32 Å². The summed E-state index contributed by atoms with van der Waals surface area (Å²) in [4.78, 5) is 16.6. The van der Waals surface area contributed by atoms with Gasteiger partial charge in [0.15, 0.2) is 0 Å². The van der Waals surface area contributed by atoms with Crippen LogP contribution in [0.25, 0.3) is 0 Å². The molecule has 0 saturated carbocycles. The van der Waals surface area contributed by atoms with Crippen molar-refractivity contribution in [2.24, 2.45) is 4.99 Å². The summed E-state index contributed by atoms with van der Waals surface area (Å²) >= 11 is 24.1. The predicted molar refractivity (Wildman–Crippen MR) is 98.0 cm³/mol. The number of hydrogen-bond donors (Lipinski definition) is 1. The van der Waals surface area contributed by atoms with E-state index in [0.717, 1.165) is 16.7 Å². The summed E-state index contributed by atoms with van der Waals surface area (Å²) in [6.45, 7) is 0.748. The molecule has 0 unspecified atom stereocenters. The van der Waals surface area contributed by atoms with Crippen molar-refractivity contribution in [1.82, 2.24) is 5.32 Å². The van der Waals surface area contributed by atoms with Gasteiger partial charge in [-0.05, 0) is 28.1 Å². The number of aliphatic imine (C=N–C) groups is 1. The van der Waals surface area contributed by atoms with Crippen molar-refractivity contribution >= 4 is 84.5 Å². The number of halogens is 4. The van der Waals surface area contributed by atoms with Crippen LogP contribution in [0.3, 0.4) is 0 Å². The van der Waals surface area contributed by atoms with E-state index in [-0.39, 0.29) is 5.91 Å². The smallest absolute Gasteiger partial charge is 0.253 e. The van der Waals surface area contributed by atoms with Crippen molar-refractivity contribution in [1.29, 1.82) is 0 Å². The molecule has 1 aromatic carbocycles. The minimum Gasteiger partial charge on any atom is -0.336 e. The van der Waals surface area contributed by atoms with Crippen molar-refractivity contribution in [3.8, 4) is 0 Å². The number of rotatable bonds is 3. The number of carbonyl (C=O) groups excluding carboxylic acids is 1. The van der Waals surface area contributed by atoms with Gasteiger partial charge in [0.25, 0.3) is 5.91 Å². The minimum atomic E-state index is -1.63. The molecule has 2 rings (SSSR count). The summed E-state index contributed by atoms with van der Waals surface area (Å²) in [6.07, 6.45) is 0. The first-order valence-electron chi connectivity index (χ1n) is 5.84. The number of amides is 1. The molecule has 1 aliphatic heterocycles. The topological polar surface area (TPSA) is 41.5 Å². The van der Waals surface area contributed by atoms with Crippen molar-refractivity contribution in [2.75, 3.05) is 12.3 Å². The average Bonchev–Trinajstić information content (AvgIpc) is 2.90. The zero-order chi connectivity index (χ0) is 15.5. The Morgan fingerprint density at radius 3 is 2.71 bits per heavy atom. The van der Waals surface area contributed by atoms with Crippen LogP contribution < -0.4 is 5.32 Å². The number of benzene rings is 1. The lowest BCUT2D eigenvalue weighted by atomic mass is 10.2. The first kappa shape index (κ1) is 17.8. The Bertz CT molecular complexity index is 566. The summed E-state index contributed by atoms with van der Waals surface area (Å²) in [5.74, 6) is 0.600. The molecule has 0 spiro atoms. The lowest BCUT2D eigenvalue weighted by Gasteiger charge is -2.24. The van der Waals surface area contributed by atoms with Crippen molar-refractivity contribution in [3.63, 3.8) is 0 Å². The standard InChI is InChI=1S/C12H10BrCl3N2OS2/c13-8-4-2-1-3-7(8)9(19)18-10(12(14,15)16)21-11-17-5-6-20-11/h1-4,10H,5-6H2,(H,18,19)/t10-/m1/s1. The van der Waals surface area contributed by atoms with Crippen molar-refractivity contribution in [3.05, 3.63) is 34.3 Å². The average molecular weight is 449 g/mol. The van der Waals surface area contributed by atoms with Crippen LogP contribution in [0.4, 0.5) is 0 Å². The molecule has 1 amide bonds. The van der Waals surface area contributed by atoms with Gasteiger partial charge in [-0.2, -0.15) is 0 Å². The Morgan fingerprint density at radius 2 is 2.14 bits per heavy atom. The van der Waals surface area contributed by atoms with E-state index < -0.39 is 9.17 Å². The van der Waals surface area contributed by atoms with Crippen LogP contribution in [0.5, 0.6) is 0 Å². The van der Waals surface area contributed by atoms with E-state index in [1.165, 1.54) is 11.8 Å². The summed E-state index contributed by atoms with van der Waals surface area (Å²) in [7, 11) is 0. The predicted octanol–water partition coefficient (Wildman–Crippen LogP) is 4.71. The van der Waals surface area contributed by atoms with E-state index in [1.807, 2.05) is 6.07 Å². The molecule has 0 aromatic heterocycles. The third-order valence-corrected chi connectivity index (χ3v) is 6.63. The lowest BCUT2D eigenvalue weighted by Crippen LogP contribution is -2.42. The van der Waals surface area contributed by atoms with Gasteiger partial charge in [0, 0.05) is 10.2 Å². The third-order valence-electron chi connectivity index (χ3n) is 2.45. The Morgan fingerprint density at radius 1 is 1.43 bits per heavy atom. The van der Waals surface area contributed by atoms with Gasteiger partial charge in [-0.15, -0.1) is 0 Å². The van der Waals surface area contributed by atoms with Gasteiger partial charge >= 0.3 is 0 Å². The van der Waals surface area contributed by atoms with E-state index in [0.29, 0.717) is 10.0 Å². The molecule has 1 aliphatic rings. The van der Waals surface area contributed by atoms with Gasteiger partial charge in [-0.3, -0.25) is 9.79 Å². The molecule has 3 nitrogen and oxygen atoms in total. The Kier molecular flexibility index (Phi) is 6.59. The molecule has 0 radical (unpaired) electrons. The van der Waals surface area contributed by atoms with Gasteiger partial charge in [0.2, 0.25) is 3.79 Å². The maximum absolute atomic E-state index is 12.3. The molecule has 0 bridgehead atoms. The first-order chi connectivity index (χ1) is 9.88. The minimum absolute atomic E-state index is 0.310. The van der Waals surface area contributed by atoms with Crippen molar-refractivity contribution in [2.45, 2.75) is 9.17 Å². The molecule has 0 saturated heterocycles. The van der Waals surface area contributed by atoms with Crippen LogP contribution in [-0.2, 0) is 0 Å². The molecule has 1 aromatic rings. The largest absolute Gasteiger partial charge is 0.336 e. The second kappa shape index (κ2) is 7.79. The van der Waals surface area contributed by atoms with E-state index in [4.69, 9.17) is 34.8 Å². The van der Waals surface area contributed by atoms with E-state index in [9.17, 15) is 4.79 Å². The highest BCUT2D eigenvalue weighted by Gasteiger charge is 2.36. The summed E-state index contributed by atoms with van der Waals surface area (Å²) in [5, 5.41) is 2.03. The van der Waals surface area contributed by atoms with Crippen LogP contribution in [0.15, 0.2) is 33.7 Å². The molecule has 1 atom stereocenters. The molecule has 9 heteroatoms. The van der Waals surface area contributed by atoms with Crippen molar-refractivity contribution < 1.29 is 4.79 Å². The Balaban J connectivity index is 2.11. The molecular weight excluding hydrogens is 439 g/mol. The number of thioether (sulfide) groups is 2. The maximum Gasteiger partial charge on any atom is 0.253 e. The second-order valence-corrected chi connectivity index (χ2v) is 9.65. The van der Waals surface area contributed by atoms with Gasteiger partial charge in [0.05, 0.1) is 12.1 Å². The number of hydrogen-bond acceptors (Lipinski definition) is 4. The fourth-order valence-electron chi connectivity index (χ4n) is 1.51. The SMILES string of the molecule is O=C(N[C@H](SC1=NCCS1)C(Cl)(Cl)Cl)c1ccccc1Br. The van der Waals surface area contributed by atoms with E-state index >= 15 is 0 Å². The number of nitrogens with one attached hydrogen (secondary N) is 1. The molecule has 1 N–H and O–H groups in total. The fraction of sp³-hybridized carbons (Fsp3) is 0.333. The summed E-state index contributed by atoms with van der Waals surface area (Å²) in [6, 6.07) is 7.07. The maximum atomic E-state index is 12.3. The molecular formula is C12H10BrCl3N2OS2. The second-order valence-electron chi connectivity index (χ2n) is 3.99. The van der Waals surface area contributed by atoms with E-state index in [1.54, 1.807) is 30.0 Å². The summed E-state index contributed by atoms with van der Waals surface area (Å²) in [5.41, 5.74) is 0.485. The van der Waals surface area contributed by atoms with Gasteiger partial charge in [0.1, 0.15) is 9.75 Å². The Labute approximate surface area is 154 Å². The first-order valence-corrected chi connectivity index (χ1v) is 9.63. The number of nitrogens with zero attached hydrogens (tertiary/aromatic N) is 1. The van der Waals surface area contributed by atoms with Gasteiger partial charge in [-0.25, -0.2) is 0 Å². The van der Waals surface area contributed by atoms with Crippen LogP contribution >= 0.6 is 74.3 Å². The lowest BCUT2D eigenvalue weighted by molar-refractivity contribution is 0.0949.